The Hall–Kier alpha value is -3.16. The number of anilines is 1. The SMILES string of the molecule is Cc1noc(C)c1C(=O)NCCNc1cc(-n2cccc2)ncn1. The van der Waals surface area contributed by atoms with Gasteiger partial charge in [-0.3, -0.25) is 4.79 Å². The molecule has 8 heteroatoms. The maximum absolute atomic E-state index is 12.1. The Kier molecular flexibility index (Phi) is 4.55. The van der Waals surface area contributed by atoms with Crippen LogP contribution in [0.15, 0.2) is 41.4 Å². The van der Waals surface area contributed by atoms with Crippen molar-refractivity contribution in [3.8, 4) is 5.82 Å². The van der Waals surface area contributed by atoms with Gasteiger partial charge in [-0.2, -0.15) is 0 Å². The molecule has 0 fully saturated rings. The molecule has 3 rings (SSSR count). The Labute approximate surface area is 138 Å². The fourth-order valence-corrected chi connectivity index (χ4v) is 2.33. The van der Waals surface area contributed by atoms with Crippen molar-refractivity contribution in [2.24, 2.45) is 0 Å². The Morgan fingerprint density at radius 2 is 2.00 bits per heavy atom. The van der Waals surface area contributed by atoms with Gasteiger partial charge in [0.25, 0.3) is 5.91 Å². The number of nitrogens with one attached hydrogen (secondary N) is 2. The van der Waals surface area contributed by atoms with E-state index in [0.717, 1.165) is 5.82 Å². The van der Waals surface area contributed by atoms with Crippen LogP contribution in [-0.4, -0.2) is 38.7 Å². The fourth-order valence-electron chi connectivity index (χ4n) is 2.33. The summed E-state index contributed by atoms with van der Waals surface area (Å²) in [6.07, 6.45) is 5.33. The summed E-state index contributed by atoms with van der Waals surface area (Å²) in [7, 11) is 0. The highest BCUT2D eigenvalue weighted by atomic mass is 16.5. The minimum atomic E-state index is -0.191. The van der Waals surface area contributed by atoms with Crippen LogP contribution in [0.25, 0.3) is 5.82 Å². The lowest BCUT2D eigenvalue weighted by Crippen LogP contribution is -2.29. The summed E-state index contributed by atoms with van der Waals surface area (Å²) in [6, 6.07) is 5.70. The average molecular weight is 326 g/mol. The second-order valence-corrected chi connectivity index (χ2v) is 5.23. The number of aryl methyl sites for hydroxylation is 2. The smallest absolute Gasteiger partial charge is 0.256 e. The first-order chi connectivity index (χ1) is 11.6. The van der Waals surface area contributed by atoms with Gasteiger partial charge in [0.1, 0.15) is 29.3 Å². The number of rotatable bonds is 6. The molecule has 0 radical (unpaired) electrons. The van der Waals surface area contributed by atoms with Crippen LogP contribution in [-0.2, 0) is 0 Å². The van der Waals surface area contributed by atoms with Crippen LogP contribution in [0.2, 0.25) is 0 Å². The predicted octanol–water partition coefficient (Wildman–Crippen LogP) is 1.71. The van der Waals surface area contributed by atoms with Crippen LogP contribution in [0.3, 0.4) is 0 Å². The van der Waals surface area contributed by atoms with Crippen LogP contribution in [0.4, 0.5) is 5.82 Å². The van der Waals surface area contributed by atoms with E-state index < -0.39 is 0 Å². The zero-order valence-electron chi connectivity index (χ0n) is 13.5. The van der Waals surface area contributed by atoms with E-state index >= 15 is 0 Å². The third kappa shape index (κ3) is 3.43. The normalized spacial score (nSPS) is 10.6. The molecule has 0 unspecified atom stereocenters. The van der Waals surface area contributed by atoms with Crippen molar-refractivity contribution in [3.05, 3.63) is 53.9 Å². The molecule has 0 saturated heterocycles. The molecule has 3 aromatic heterocycles. The molecule has 3 heterocycles. The van der Waals surface area contributed by atoms with Gasteiger partial charge >= 0.3 is 0 Å². The zero-order valence-corrected chi connectivity index (χ0v) is 13.5. The van der Waals surface area contributed by atoms with Crippen molar-refractivity contribution in [2.75, 3.05) is 18.4 Å². The summed E-state index contributed by atoms with van der Waals surface area (Å²) >= 11 is 0. The highest BCUT2D eigenvalue weighted by molar-refractivity contribution is 5.96. The molecule has 0 aliphatic rings. The van der Waals surface area contributed by atoms with Gasteiger partial charge < -0.3 is 19.7 Å². The highest BCUT2D eigenvalue weighted by Gasteiger charge is 2.16. The van der Waals surface area contributed by atoms with E-state index in [4.69, 9.17) is 4.52 Å². The number of carbonyl (C=O) groups excluding carboxylic acids is 1. The van der Waals surface area contributed by atoms with Gasteiger partial charge in [0.15, 0.2) is 0 Å². The van der Waals surface area contributed by atoms with E-state index in [0.29, 0.717) is 35.9 Å². The van der Waals surface area contributed by atoms with Gasteiger partial charge in [-0.25, -0.2) is 9.97 Å². The molecular formula is C16H18N6O2. The third-order valence-electron chi connectivity index (χ3n) is 3.50. The minimum Gasteiger partial charge on any atom is -0.368 e. The predicted molar refractivity (Wildman–Crippen MR) is 88.2 cm³/mol. The van der Waals surface area contributed by atoms with Gasteiger partial charge in [-0.1, -0.05) is 5.16 Å². The van der Waals surface area contributed by atoms with Gasteiger partial charge in [0, 0.05) is 31.5 Å². The molecule has 3 aromatic rings. The first-order valence-corrected chi connectivity index (χ1v) is 7.55. The molecule has 8 nitrogen and oxygen atoms in total. The van der Waals surface area contributed by atoms with Crippen molar-refractivity contribution in [1.29, 1.82) is 0 Å². The lowest BCUT2D eigenvalue weighted by molar-refractivity contribution is 0.0953. The van der Waals surface area contributed by atoms with Gasteiger partial charge in [0.2, 0.25) is 0 Å². The van der Waals surface area contributed by atoms with E-state index in [1.54, 1.807) is 13.8 Å². The Morgan fingerprint density at radius 1 is 1.21 bits per heavy atom. The molecule has 2 N–H and O–H groups in total. The molecule has 1 amide bonds. The Balaban J connectivity index is 1.52. The quantitative estimate of drug-likeness (QED) is 0.669. The summed E-state index contributed by atoms with van der Waals surface area (Å²) in [5, 5.41) is 9.76. The van der Waals surface area contributed by atoms with Crippen molar-refractivity contribution in [2.45, 2.75) is 13.8 Å². The maximum atomic E-state index is 12.1. The monoisotopic (exact) mass is 326 g/mol. The van der Waals surface area contributed by atoms with Crippen molar-refractivity contribution in [3.63, 3.8) is 0 Å². The molecule has 0 saturated carbocycles. The molecule has 0 atom stereocenters. The fraction of sp³-hybridized carbons (Fsp3) is 0.250. The Morgan fingerprint density at radius 3 is 2.71 bits per heavy atom. The summed E-state index contributed by atoms with van der Waals surface area (Å²) < 4.78 is 6.89. The van der Waals surface area contributed by atoms with Gasteiger partial charge in [-0.05, 0) is 26.0 Å². The molecule has 0 aliphatic heterocycles. The summed E-state index contributed by atoms with van der Waals surface area (Å²) in [5.74, 6) is 1.80. The number of hydrogen-bond donors (Lipinski definition) is 2. The number of amides is 1. The topological polar surface area (TPSA) is 97.9 Å². The first-order valence-electron chi connectivity index (χ1n) is 7.55. The number of carbonyl (C=O) groups is 1. The summed E-state index contributed by atoms with van der Waals surface area (Å²) in [6.45, 7) is 4.45. The number of nitrogens with zero attached hydrogens (tertiary/aromatic N) is 4. The van der Waals surface area contributed by atoms with Gasteiger partial charge in [0.05, 0.1) is 5.69 Å². The lowest BCUT2D eigenvalue weighted by Gasteiger charge is -2.08. The Bertz CT molecular complexity index is 805. The van der Waals surface area contributed by atoms with Crippen molar-refractivity contribution in [1.82, 2.24) is 25.0 Å². The van der Waals surface area contributed by atoms with Gasteiger partial charge in [-0.15, -0.1) is 0 Å². The van der Waals surface area contributed by atoms with Crippen molar-refractivity contribution >= 4 is 11.7 Å². The summed E-state index contributed by atoms with van der Waals surface area (Å²) in [4.78, 5) is 20.5. The molecule has 0 aromatic carbocycles. The molecule has 24 heavy (non-hydrogen) atoms. The highest BCUT2D eigenvalue weighted by Crippen LogP contribution is 2.11. The number of aromatic nitrogens is 4. The van der Waals surface area contributed by atoms with E-state index in [1.807, 2.05) is 35.2 Å². The van der Waals surface area contributed by atoms with Crippen LogP contribution < -0.4 is 10.6 Å². The zero-order chi connectivity index (χ0) is 16.9. The molecule has 0 aliphatic carbocycles. The van der Waals surface area contributed by atoms with Crippen LogP contribution in [0, 0.1) is 13.8 Å². The molecule has 0 bridgehead atoms. The summed E-state index contributed by atoms with van der Waals surface area (Å²) in [5.41, 5.74) is 1.08. The largest absolute Gasteiger partial charge is 0.368 e. The maximum Gasteiger partial charge on any atom is 0.256 e. The second kappa shape index (κ2) is 6.95. The van der Waals surface area contributed by atoms with E-state index in [1.165, 1.54) is 6.33 Å². The van der Waals surface area contributed by atoms with Crippen LogP contribution in [0.1, 0.15) is 21.8 Å². The lowest BCUT2D eigenvalue weighted by atomic mass is 10.2. The van der Waals surface area contributed by atoms with Crippen LogP contribution >= 0.6 is 0 Å². The standard InChI is InChI=1S/C16H18N6O2/c1-11-15(12(2)24-21-11)16(23)18-6-5-17-13-9-14(20-10-19-13)22-7-3-4-8-22/h3-4,7-10H,5-6H2,1-2H3,(H,18,23)(H,17,19,20). The molecule has 0 spiro atoms. The first kappa shape index (κ1) is 15.7. The van der Waals surface area contributed by atoms with E-state index in [2.05, 4.69) is 25.8 Å². The molecular weight excluding hydrogens is 308 g/mol. The minimum absolute atomic E-state index is 0.191. The van der Waals surface area contributed by atoms with E-state index in [9.17, 15) is 4.79 Å². The van der Waals surface area contributed by atoms with Crippen molar-refractivity contribution < 1.29 is 9.32 Å². The number of hydrogen-bond acceptors (Lipinski definition) is 6. The molecule has 124 valence electrons. The third-order valence-corrected chi connectivity index (χ3v) is 3.50. The second-order valence-electron chi connectivity index (χ2n) is 5.23. The average Bonchev–Trinajstić information content (AvgIpc) is 3.22. The van der Waals surface area contributed by atoms with E-state index in [-0.39, 0.29) is 5.91 Å². The van der Waals surface area contributed by atoms with Crippen LogP contribution in [0.5, 0.6) is 0 Å².